The third kappa shape index (κ3) is 5.03. The molecule has 0 amide bonds. The van der Waals surface area contributed by atoms with Crippen LogP contribution in [0.25, 0.3) is 11.0 Å². The molecule has 0 N–H and O–H groups in total. The van der Waals surface area contributed by atoms with Crippen LogP contribution in [0.2, 0.25) is 0 Å². The van der Waals surface area contributed by atoms with Gasteiger partial charge in [0.05, 0.1) is 26.9 Å². The lowest BCUT2D eigenvalue weighted by molar-refractivity contribution is 0.0732. The first-order chi connectivity index (χ1) is 16.4. The number of carbonyl (C=O) groups excluding carboxylic acids is 1. The Morgan fingerprint density at radius 2 is 1.56 bits per heavy atom. The lowest BCUT2D eigenvalue weighted by Gasteiger charge is -2.15. The zero-order chi connectivity index (χ0) is 24.8. The number of esters is 1. The third-order valence-electron chi connectivity index (χ3n) is 6.04. The number of benzene rings is 2. The quantitative estimate of drug-likeness (QED) is 0.161. The molecule has 7 heteroatoms. The van der Waals surface area contributed by atoms with Gasteiger partial charge in [0.15, 0.2) is 11.5 Å². The van der Waals surface area contributed by atoms with E-state index in [9.17, 15) is 9.59 Å². The summed E-state index contributed by atoms with van der Waals surface area (Å²) in [4.78, 5) is 25.6. The van der Waals surface area contributed by atoms with Crippen LogP contribution in [0.3, 0.4) is 0 Å². The molecule has 0 spiro atoms. The minimum absolute atomic E-state index is 0.231. The fraction of sp³-hybridized carbons (Fsp3) is 0.407. The van der Waals surface area contributed by atoms with Crippen LogP contribution in [0, 0.1) is 13.8 Å². The molecule has 1 heterocycles. The second-order valence-electron chi connectivity index (χ2n) is 8.17. The highest BCUT2D eigenvalue weighted by Gasteiger charge is 2.21. The Hall–Kier alpha value is -3.48. The van der Waals surface area contributed by atoms with Crippen LogP contribution in [0.5, 0.6) is 23.0 Å². The molecule has 0 bridgehead atoms. The van der Waals surface area contributed by atoms with Crippen molar-refractivity contribution in [1.29, 1.82) is 0 Å². The Morgan fingerprint density at radius 3 is 2.15 bits per heavy atom. The highest BCUT2D eigenvalue weighted by atomic mass is 16.5. The lowest BCUT2D eigenvalue weighted by atomic mass is 9.99. The van der Waals surface area contributed by atoms with Gasteiger partial charge in [-0.25, -0.2) is 9.59 Å². The van der Waals surface area contributed by atoms with Crippen LogP contribution < -0.4 is 24.6 Å². The predicted octanol–water partition coefficient (Wildman–Crippen LogP) is 5.78. The van der Waals surface area contributed by atoms with Crippen molar-refractivity contribution in [1.82, 2.24) is 0 Å². The number of carbonyl (C=O) groups is 1. The molecule has 0 aliphatic carbocycles. The van der Waals surface area contributed by atoms with E-state index in [1.807, 2.05) is 13.0 Å². The number of unbranched alkanes of at least 4 members (excludes halogenated alkanes) is 3. The molecular formula is C27H32O7. The highest BCUT2D eigenvalue weighted by molar-refractivity contribution is 5.94. The third-order valence-corrected chi connectivity index (χ3v) is 6.04. The van der Waals surface area contributed by atoms with E-state index in [0.29, 0.717) is 46.1 Å². The summed E-state index contributed by atoms with van der Waals surface area (Å²) in [6, 6.07) is 6.60. The number of aryl methyl sites for hydroxylation is 2. The van der Waals surface area contributed by atoms with Gasteiger partial charge in [-0.3, -0.25) is 0 Å². The number of fused-ring (bicyclic) bond motifs is 1. The second-order valence-corrected chi connectivity index (χ2v) is 8.17. The van der Waals surface area contributed by atoms with Crippen molar-refractivity contribution >= 4 is 16.9 Å². The SMILES string of the molecule is CCCCCCc1c(C)c2ccc(OC(=O)c3cc(OC)c(OC)c(OC)c3)c(C)c2oc1=O. The molecular weight excluding hydrogens is 436 g/mol. The van der Waals surface area contributed by atoms with Gasteiger partial charge in [0.25, 0.3) is 0 Å². The van der Waals surface area contributed by atoms with E-state index < -0.39 is 5.97 Å². The fourth-order valence-electron chi connectivity index (χ4n) is 4.06. The molecule has 34 heavy (non-hydrogen) atoms. The Labute approximate surface area is 199 Å². The molecule has 0 saturated heterocycles. The maximum absolute atomic E-state index is 12.9. The molecule has 182 valence electrons. The summed E-state index contributed by atoms with van der Waals surface area (Å²) >= 11 is 0. The average molecular weight is 469 g/mol. The van der Waals surface area contributed by atoms with Crippen LogP contribution in [-0.2, 0) is 6.42 Å². The first-order valence-electron chi connectivity index (χ1n) is 11.4. The van der Waals surface area contributed by atoms with Crippen LogP contribution in [-0.4, -0.2) is 27.3 Å². The Morgan fingerprint density at radius 1 is 0.882 bits per heavy atom. The minimum atomic E-state index is -0.603. The average Bonchev–Trinajstić information content (AvgIpc) is 2.84. The Bertz CT molecular complexity index is 1210. The van der Waals surface area contributed by atoms with E-state index in [1.165, 1.54) is 33.5 Å². The number of rotatable bonds is 10. The summed E-state index contributed by atoms with van der Waals surface area (Å²) in [6.45, 7) is 5.86. The van der Waals surface area contributed by atoms with Crippen molar-refractivity contribution in [3.63, 3.8) is 0 Å². The van der Waals surface area contributed by atoms with Crippen molar-refractivity contribution in [2.24, 2.45) is 0 Å². The van der Waals surface area contributed by atoms with Gasteiger partial charge in [0.2, 0.25) is 5.75 Å². The topological polar surface area (TPSA) is 84.2 Å². The molecule has 0 saturated carbocycles. The molecule has 1 aromatic heterocycles. The van der Waals surface area contributed by atoms with E-state index >= 15 is 0 Å². The normalized spacial score (nSPS) is 10.9. The summed E-state index contributed by atoms with van der Waals surface area (Å²) in [5.74, 6) is 0.776. The van der Waals surface area contributed by atoms with Crippen LogP contribution in [0.15, 0.2) is 33.5 Å². The monoisotopic (exact) mass is 468 g/mol. The Kier molecular flexibility index (Phi) is 8.21. The van der Waals surface area contributed by atoms with E-state index in [0.717, 1.165) is 36.6 Å². The van der Waals surface area contributed by atoms with Gasteiger partial charge in [-0.15, -0.1) is 0 Å². The number of methoxy groups -OCH3 is 3. The van der Waals surface area contributed by atoms with Gasteiger partial charge >= 0.3 is 11.6 Å². The number of hydrogen-bond acceptors (Lipinski definition) is 7. The zero-order valence-electron chi connectivity index (χ0n) is 20.7. The smallest absolute Gasteiger partial charge is 0.343 e. The van der Waals surface area contributed by atoms with Crippen molar-refractivity contribution in [2.45, 2.75) is 52.9 Å². The molecule has 7 nitrogen and oxygen atoms in total. The summed E-state index contributed by atoms with van der Waals surface area (Å²) in [6.07, 6.45) is 5.03. The van der Waals surface area contributed by atoms with E-state index in [1.54, 1.807) is 13.0 Å². The summed E-state index contributed by atoms with van der Waals surface area (Å²) in [7, 11) is 4.44. The van der Waals surface area contributed by atoms with Gasteiger partial charge in [0, 0.05) is 16.5 Å². The maximum Gasteiger partial charge on any atom is 0.343 e. The molecule has 2 aromatic carbocycles. The second kappa shape index (κ2) is 11.1. The van der Waals surface area contributed by atoms with Gasteiger partial charge < -0.3 is 23.4 Å². The molecule has 0 atom stereocenters. The van der Waals surface area contributed by atoms with E-state index in [4.69, 9.17) is 23.4 Å². The predicted molar refractivity (Wildman–Crippen MR) is 131 cm³/mol. The largest absolute Gasteiger partial charge is 0.493 e. The molecule has 0 fully saturated rings. The number of ether oxygens (including phenoxy) is 4. The molecule has 0 aliphatic heterocycles. The van der Waals surface area contributed by atoms with Crippen molar-refractivity contribution in [2.75, 3.05) is 21.3 Å². The Balaban J connectivity index is 1.93. The van der Waals surface area contributed by atoms with Gasteiger partial charge in [-0.1, -0.05) is 26.2 Å². The van der Waals surface area contributed by atoms with Crippen LogP contribution in [0.4, 0.5) is 0 Å². The first-order valence-corrected chi connectivity index (χ1v) is 11.4. The standard InChI is InChI=1S/C27H32O7/c1-7-8-9-10-11-20-16(2)19-12-13-21(17(3)24(19)34-27(20)29)33-26(28)18-14-22(30-4)25(32-6)23(15-18)31-5/h12-15H,7-11H2,1-6H3. The van der Waals surface area contributed by atoms with E-state index in [2.05, 4.69) is 6.92 Å². The molecule has 0 aliphatic rings. The van der Waals surface area contributed by atoms with Gasteiger partial charge in [-0.2, -0.15) is 0 Å². The van der Waals surface area contributed by atoms with Crippen molar-refractivity contribution < 1.29 is 28.2 Å². The van der Waals surface area contributed by atoms with Crippen molar-refractivity contribution in [3.8, 4) is 23.0 Å². The lowest BCUT2D eigenvalue weighted by Crippen LogP contribution is -2.12. The van der Waals surface area contributed by atoms with Crippen LogP contribution >= 0.6 is 0 Å². The maximum atomic E-state index is 12.9. The zero-order valence-corrected chi connectivity index (χ0v) is 20.7. The summed E-state index contributed by atoms with van der Waals surface area (Å²) < 4.78 is 27.3. The number of hydrogen-bond donors (Lipinski definition) is 0. The minimum Gasteiger partial charge on any atom is -0.493 e. The van der Waals surface area contributed by atoms with E-state index in [-0.39, 0.29) is 11.2 Å². The molecule has 0 radical (unpaired) electrons. The molecule has 3 aromatic rings. The highest BCUT2D eigenvalue weighted by Crippen LogP contribution is 2.38. The summed E-state index contributed by atoms with van der Waals surface area (Å²) in [5.41, 5.74) is 2.52. The van der Waals surface area contributed by atoms with Gasteiger partial charge in [-0.05, 0) is 56.5 Å². The molecule has 0 unspecified atom stereocenters. The first kappa shape index (κ1) is 25.1. The fourth-order valence-corrected chi connectivity index (χ4v) is 4.06. The summed E-state index contributed by atoms with van der Waals surface area (Å²) in [5, 5.41) is 0.843. The van der Waals surface area contributed by atoms with Crippen molar-refractivity contribution in [3.05, 3.63) is 56.9 Å². The van der Waals surface area contributed by atoms with Gasteiger partial charge in [0.1, 0.15) is 11.3 Å². The van der Waals surface area contributed by atoms with Crippen LogP contribution in [0.1, 0.15) is 59.7 Å². The molecule has 3 rings (SSSR count).